The average Bonchev–Trinajstić information content (AvgIpc) is 2.84. The largest absolute Gasteiger partial charge is 0.314 e. The number of thiazole rings is 1. The second-order valence-corrected chi connectivity index (χ2v) is 6.78. The van der Waals surface area contributed by atoms with Gasteiger partial charge in [-0.25, -0.2) is 0 Å². The monoisotopic (exact) mass is 323 g/mol. The summed E-state index contributed by atoms with van der Waals surface area (Å²) in [5, 5.41) is 4.09. The molecule has 0 radical (unpaired) electrons. The van der Waals surface area contributed by atoms with E-state index >= 15 is 0 Å². The number of hydrogen-bond acceptors (Lipinski definition) is 4. The molecular weight excluding hydrogens is 306 g/mol. The Hall–Kier alpha value is -1.14. The van der Waals surface area contributed by atoms with Crippen LogP contribution in [0.25, 0.3) is 11.3 Å². The Morgan fingerprint density at radius 1 is 1.33 bits per heavy atom. The molecule has 4 nitrogen and oxygen atoms in total. The molecule has 1 aliphatic heterocycles. The molecule has 1 aromatic carbocycles. The van der Waals surface area contributed by atoms with E-state index in [0.29, 0.717) is 0 Å². The van der Waals surface area contributed by atoms with Gasteiger partial charge in [0.15, 0.2) is 0 Å². The maximum atomic E-state index is 11.8. The highest BCUT2D eigenvalue weighted by atomic mass is 35.5. The molecule has 1 saturated heterocycles. The van der Waals surface area contributed by atoms with Crippen molar-refractivity contribution in [3.8, 4) is 11.3 Å². The van der Waals surface area contributed by atoms with Crippen LogP contribution in [0.2, 0.25) is 5.02 Å². The van der Waals surface area contributed by atoms with Crippen molar-refractivity contribution in [1.82, 2.24) is 15.2 Å². The van der Waals surface area contributed by atoms with Crippen molar-refractivity contribution in [3.05, 3.63) is 43.3 Å². The van der Waals surface area contributed by atoms with E-state index in [1.165, 1.54) is 11.3 Å². The smallest absolute Gasteiger partial charge is 0.305 e. The predicted octanol–water partition coefficient (Wildman–Crippen LogP) is 2.47. The maximum absolute atomic E-state index is 11.8. The van der Waals surface area contributed by atoms with Crippen LogP contribution in [-0.2, 0) is 6.54 Å². The Morgan fingerprint density at radius 2 is 2.10 bits per heavy atom. The lowest BCUT2D eigenvalue weighted by atomic mass is 10.1. The summed E-state index contributed by atoms with van der Waals surface area (Å²) in [6.07, 6.45) is 0. The van der Waals surface area contributed by atoms with Gasteiger partial charge in [0.05, 0.1) is 5.69 Å². The Balaban J connectivity index is 1.91. The molecule has 0 amide bonds. The molecule has 0 unspecified atom stereocenters. The first-order valence-corrected chi connectivity index (χ1v) is 8.24. The molecule has 0 saturated carbocycles. The van der Waals surface area contributed by atoms with Gasteiger partial charge < -0.3 is 10.3 Å². The first-order chi connectivity index (χ1) is 10.1. The zero-order chi connectivity index (χ0) is 14.8. The minimum Gasteiger partial charge on any atom is -0.314 e. The van der Waals surface area contributed by atoms with E-state index in [2.05, 4.69) is 15.2 Å². The number of piperazine rings is 1. The number of nitrogens with zero attached hydrogens (tertiary/aromatic N) is 1. The minimum atomic E-state index is 0.00253. The minimum absolute atomic E-state index is 0.00253. The van der Waals surface area contributed by atoms with E-state index in [-0.39, 0.29) is 4.87 Å². The Bertz CT molecular complexity index is 688. The highest BCUT2D eigenvalue weighted by Gasteiger charge is 2.16. The number of H-pyrrole nitrogens is 1. The molecule has 0 aliphatic carbocycles. The fourth-order valence-corrected chi connectivity index (χ4v) is 3.59. The van der Waals surface area contributed by atoms with Gasteiger partial charge in [0.2, 0.25) is 0 Å². The zero-order valence-corrected chi connectivity index (χ0v) is 13.5. The Kier molecular flexibility index (Phi) is 4.45. The van der Waals surface area contributed by atoms with Crippen LogP contribution in [0.3, 0.4) is 0 Å². The van der Waals surface area contributed by atoms with Crippen LogP contribution in [0, 0.1) is 6.92 Å². The molecule has 21 heavy (non-hydrogen) atoms. The summed E-state index contributed by atoms with van der Waals surface area (Å²) in [6.45, 7) is 6.86. The van der Waals surface area contributed by atoms with Gasteiger partial charge in [0.1, 0.15) is 0 Å². The molecule has 2 heterocycles. The number of aryl methyl sites for hydroxylation is 1. The highest BCUT2D eigenvalue weighted by Crippen LogP contribution is 2.28. The van der Waals surface area contributed by atoms with E-state index in [9.17, 15) is 4.79 Å². The summed E-state index contributed by atoms with van der Waals surface area (Å²) in [7, 11) is 0. The summed E-state index contributed by atoms with van der Waals surface area (Å²) in [6, 6.07) is 5.88. The van der Waals surface area contributed by atoms with Crippen LogP contribution in [0.4, 0.5) is 0 Å². The lowest BCUT2D eigenvalue weighted by molar-refractivity contribution is 0.235. The molecule has 0 atom stereocenters. The first-order valence-electron chi connectivity index (χ1n) is 7.05. The van der Waals surface area contributed by atoms with Crippen molar-refractivity contribution >= 4 is 22.9 Å². The molecule has 2 aromatic rings. The maximum Gasteiger partial charge on any atom is 0.305 e. The average molecular weight is 324 g/mol. The van der Waals surface area contributed by atoms with Gasteiger partial charge in [-0.15, -0.1) is 0 Å². The van der Waals surface area contributed by atoms with Gasteiger partial charge in [-0.3, -0.25) is 9.69 Å². The van der Waals surface area contributed by atoms with Crippen molar-refractivity contribution in [2.75, 3.05) is 26.2 Å². The fraction of sp³-hybridized carbons (Fsp3) is 0.400. The topological polar surface area (TPSA) is 48.1 Å². The Morgan fingerprint density at radius 3 is 2.81 bits per heavy atom. The third kappa shape index (κ3) is 3.37. The zero-order valence-electron chi connectivity index (χ0n) is 11.9. The summed E-state index contributed by atoms with van der Waals surface area (Å²) < 4.78 is 0. The van der Waals surface area contributed by atoms with E-state index < -0.39 is 0 Å². The van der Waals surface area contributed by atoms with E-state index in [0.717, 1.165) is 59.4 Å². The molecule has 1 fully saturated rings. The SMILES string of the molecule is Cc1cc(-c2[nH]c(=O)sc2CN2CCNCC2)ccc1Cl. The lowest BCUT2D eigenvalue weighted by Gasteiger charge is -2.26. The second-order valence-electron chi connectivity index (χ2n) is 5.30. The summed E-state index contributed by atoms with van der Waals surface area (Å²) in [5.41, 5.74) is 2.98. The van der Waals surface area contributed by atoms with Gasteiger partial charge in [-0.1, -0.05) is 29.0 Å². The van der Waals surface area contributed by atoms with Gasteiger partial charge in [0, 0.05) is 42.6 Å². The number of rotatable bonds is 3. The van der Waals surface area contributed by atoms with E-state index in [1.54, 1.807) is 0 Å². The molecule has 2 N–H and O–H groups in total. The molecule has 0 spiro atoms. The Labute approximate surface area is 132 Å². The first kappa shape index (κ1) is 14.8. The van der Waals surface area contributed by atoms with E-state index in [1.807, 2.05) is 25.1 Å². The number of aromatic amines is 1. The van der Waals surface area contributed by atoms with Crippen LogP contribution >= 0.6 is 22.9 Å². The summed E-state index contributed by atoms with van der Waals surface area (Å²) in [5.74, 6) is 0. The highest BCUT2D eigenvalue weighted by molar-refractivity contribution is 7.09. The molecule has 1 aromatic heterocycles. The summed E-state index contributed by atoms with van der Waals surface area (Å²) >= 11 is 7.39. The lowest BCUT2D eigenvalue weighted by Crippen LogP contribution is -2.42. The van der Waals surface area contributed by atoms with E-state index in [4.69, 9.17) is 11.6 Å². The van der Waals surface area contributed by atoms with Crippen LogP contribution in [0.5, 0.6) is 0 Å². The van der Waals surface area contributed by atoms with Crippen molar-refractivity contribution < 1.29 is 0 Å². The number of benzene rings is 1. The van der Waals surface area contributed by atoms with Gasteiger partial charge in [-0.2, -0.15) is 0 Å². The van der Waals surface area contributed by atoms with Crippen LogP contribution in [0.1, 0.15) is 10.4 Å². The normalized spacial score (nSPS) is 16.3. The second kappa shape index (κ2) is 6.32. The molecule has 3 rings (SSSR count). The quantitative estimate of drug-likeness (QED) is 0.912. The molecule has 1 aliphatic rings. The van der Waals surface area contributed by atoms with Crippen molar-refractivity contribution in [3.63, 3.8) is 0 Å². The van der Waals surface area contributed by atoms with Crippen molar-refractivity contribution in [2.45, 2.75) is 13.5 Å². The fourth-order valence-electron chi connectivity index (χ4n) is 2.58. The summed E-state index contributed by atoms with van der Waals surface area (Å²) in [4.78, 5) is 18.2. The van der Waals surface area contributed by atoms with Crippen LogP contribution in [0.15, 0.2) is 23.0 Å². The van der Waals surface area contributed by atoms with Crippen LogP contribution in [-0.4, -0.2) is 36.1 Å². The number of aromatic nitrogens is 1. The van der Waals surface area contributed by atoms with Crippen molar-refractivity contribution in [1.29, 1.82) is 0 Å². The number of halogens is 1. The molecule has 0 bridgehead atoms. The molecular formula is C15H18ClN3OS. The third-order valence-electron chi connectivity index (χ3n) is 3.75. The van der Waals surface area contributed by atoms with Gasteiger partial charge in [-0.05, 0) is 30.2 Å². The third-order valence-corrected chi connectivity index (χ3v) is 5.04. The predicted molar refractivity (Wildman–Crippen MR) is 88.3 cm³/mol. The van der Waals surface area contributed by atoms with Crippen molar-refractivity contribution in [2.24, 2.45) is 0 Å². The standard InChI is InChI=1S/C15H18ClN3OS/c1-10-8-11(2-3-12(10)16)14-13(21-15(20)18-14)9-19-6-4-17-5-7-19/h2-3,8,17H,4-7,9H2,1H3,(H,18,20). The van der Waals surface area contributed by atoms with Gasteiger partial charge in [0.25, 0.3) is 0 Å². The number of hydrogen-bond donors (Lipinski definition) is 2. The van der Waals surface area contributed by atoms with Gasteiger partial charge >= 0.3 is 4.87 Å². The number of nitrogens with one attached hydrogen (secondary N) is 2. The molecule has 112 valence electrons. The molecule has 6 heteroatoms. The van der Waals surface area contributed by atoms with Crippen LogP contribution < -0.4 is 10.2 Å².